The van der Waals surface area contributed by atoms with Crippen LogP contribution in [0.4, 0.5) is 10.6 Å². The highest BCUT2D eigenvalue weighted by molar-refractivity contribution is 7.95. The number of thiazole rings is 2. The fourth-order valence-corrected chi connectivity index (χ4v) is 12.5. The molecule has 4 aromatic rings. The molecule has 6 heterocycles. The van der Waals surface area contributed by atoms with Crippen LogP contribution in [0.2, 0.25) is 0 Å². The Morgan fingerprint density at radius 1 is 0.825 bits per heavy atom. The molecule has 18 atom stereocenters. The van der Waals surface area contributed by atoms with Crippen molar-refractivity contribution in [3.05, 3.63) is 56.8 Å². The smallest absolute Gasteiger partial charge is 0.404 e. The molecule has 2 saturated heterocycles. The Morgan fingerprint density at radius 3 is 2.14 bits per heavy atom. The standard InChI is InChI=1S/C56H83N17O21S3/c1-21-33(70-46(73-44(21)59)25(13-31(58)76)65-14-24(57)45(60)82)49(85)71-34(40(26-15-62-20-66-26)92-54-42(38(80)36(78)29(16-74)91-54)93-53-39(81)41(94-55(61)88)37(79)30(17-75)90-53)50(86)67-23(3)35(77)22(2)47(83)72-43(56(89)8-9-56)51(87)64-11-7-32-68-28(19-95-32)52-69-27(18-96-52)48(84)63-10-6-12-97(4)5/h15,18-20,22-25,29-30,34-43,53-54,65,74-75,77-81,89H,6-14,16-17,57H2,1-5H3,(H13-,58,59,60,61,62,63,64,66,67,70,71,72,73,76,82,83,84,85,86,87,88)/t22-,23+,24-,25-,29-,30+,34-,35-,36+,37+,38-,39-,40-,41-,42-,43+,53+,54-/m0/s1. The summed E-state index contributed by atoms with van der Waals surface area (Å²) in [6.07, 6.45) is -18.5. The van der Waals surface area contributed by atoms with Gasteiger partial charge in [0.15, 0.2) is 18.7 Å². The molecule has 1 saturated carbocycles. The highest BCUT2D eigenvalue weighted by Crippen LogP contribution is 2.39. The molecule has 0 bridgehead atoms. The van der Waals surface area contributed by atoms with E-state index in [0.717, 1.165) is 24.7 Å². The molecule has 0 spiro atoms. The number of nitrogens with two attached hydrogens (primary N) is 5. The van der Waals surface area contributed by atoms with Crippen LogP contribution in [0.1, 0.15) is 94.7 Å². The van der Waals surface area contributed by atoms with E-state index in [0.29, 0.717) is 22.3 Å². The van der Waals surface area contributed by atoms with Crippen molar-refractivity contribution >= 4 is 86.8 Å². The van der Waals surface area contributed by atoms with Gasteiger partial charge in [-0.3, -0.25) is 33.6 Å². The number of nitrogen functional groups attached to an aromatic ring is 1. The van der Waals surface area contributed by atoms with Gasteiger partial charge in [-0.1, -0.05) is 19.4 Å². The van der Waals surface area contributed by atoms with Crippen molar-refractivity contribution in [1.82, 2.24) is 61.8 Å². The number of anilines is 1. The van der Waals surface area contributed by atoms with E-state index < -0.39 is 182 Å². The maximum absolute atomic E-state index is 15.2. The lowest BCUT2D eigenvalue weighted by Crippen LogP contribution is -2.65. The van der Waals surface area contributed by atoms with Crippen LogP contribution >= 0.6 is 22.7 Å². The van der Waals surface area contributed by atoms with Crippen molar-refractivity contribution in [2.75, 3.05) is 56.8 Å². The van der Waals surface area contributed by atoms with Crippen molar-refractivity contribution in [3.8, 4) is 10.7 Å². The summed E-state index contributed by atoms with van der Waals surface area (Å²) in [4.78, 5) is 133. The van der Waals surface area contributed by atoms with Gasteiger partial charge in [0, 0.05) is 55.2 Å². The van der Waals surface area contributed by atoms with Crippen LogP contribution in [0.5, 0.6) is 0 Å². The Kier molecular flexibility index (Phi) is 27.4. The van der Waals surface area contributed by atoms with Crippen LogP contribution in [0.15, 0.2) is 23.3 Å². The SMILES string of the molecule is Cc1c(N)nc([C@H](CC(N)=O)NC[C@H](N)C(N)=O)nc1C(=O)N[C@H](C(=O)N[C@H](C)[C@@H](O)[C@H](C)C(=O)N[C@H](C(=O)NCCc1nc(-c2nc(C(=O)NCCC[S+](C)C)cs2)cs1)C1(O)CC1)[C@@H](O[C@@H]1O[C@@H](CO)[C@@H](O)[C@H](O)[C@@H]1O[C@H]1O[C@H](CO)[C@@H](O)[C@H](OC(N)=O)[C@@H]1O)c1c[n-]cn1. The lowest BCUT2D eigenvalue weighted by atomic mass is 9.96. The molecule has 4 aromatic heterocycles. The molecule has 38 nitrogen and oxygen atoms in total. The summed E-state index contributed by atoms with van der Waals surface area (Å²) < 4.78 is 28.7. The summed E-state index contributed by atoms with van der Waals surface area (Å²) in [5.74, 6) is -7.63. The number of amides is 8. The normalized spacial score (nSPS) is 24.6. The van der Waals surface area contributed by atoms with E-state index >= 15 is 4.79 Å². The molecular formula is C56H83N17O21S3. The lowest BCUT2D eigenvalue weighted by molar-refractivity contribution is -0.372. The number of aliphatic hydroxyl groups is 8. The van der Waals surface area contributed by atoms with Crippen LogP contribution < -0.4 is 65.6 Å². The number of imidazole rings is 1. The third-order valence-electron chi connectivity index (χ3n) is 16.0. The molecule has 24 N–H and O–H groups in total. The molecule has 536 valence electrons. The van der Waals surface area contributed by atoms with E-state index in [-0.39, 0.29) is 77.7 Å². The molecule has 41 heteroatoms. The van der Waals surface area contributed by atoms with Crippen LogP contribution in [-0.4, -0.2) is 262 Å². The molecule has 7 rings (SSSR count). The first-order valence-electron chi connectivity index (χ1n) is 30.3. The van der Waals surface area contributed by atoms with Crippen LogP contribution in [0, 0.1) is 12.8 Å². The van der Waals surface area contributed by atoms with Gasteiger partial charge in [0.1, 0.15) is 100 Å². The highest BCUT2D eigenvalue weighted by Gasteiger charge is 2.55. The zero-order valence-corrected chi connectivity index (χ0v) is 55.6. The summed E-state index contributed by atoms with van der Waals surface area (Å²) in [6.45, 7) is 1.97. The number of carbonyl (C=O) groups excluding carboxylic acids is 8. The summed E-state index contributed by atoms with van der Waals surface area (Å²) in [7, 11) is 0.254. The molecule has 0 unspecified atom stereocenters. The number of aromatic nitrogens is 6. The molecule has 8 amide bonds. The zero-order valence-electron chi connectivity index (χ0n) is 53.2. The summed E-state index contributed by atoms with van der Waals surface area (Å²) >= 11 is 2.54. The number of primary amides is 3. The van der Waals surface area contributed by atoms with Crippen molar-refractivity contribution in [2.24, 2.45) is 28.9 Å². The fraction of sp³-hybridized carbons (Fsp3) is 0.625. The van der Waals surface area contributed by atoms with E-state index in [9.17, 15) is 74.4 Å². The predicted molar refractivity (Wildman–Crippen MR) is 340 cm³/mol. The second kappa shape index (κ2) is 34.5. The number of rotatable bonds is 35. The molecule has 3 fully saturated rings. The first-order valence-corrected chi connectivity index (χ1v) is 34.3. The number of carbonyl (C=O) groups is 8. The van der Waals surface area contributed by atoms with Crippen molar-refractivity contribution < 1.29 is 103 Å². The minimum atomic E-state index is -2.21. The van der Waals surface area contributed by atoms with E-state index in [1.165, 1.54) is 43.4 Å². The number of aliphatic hydroxyl groups excluding tert-OH is 7. The summed E-state index contributed by atoms with van der Waals surface area (Å²) in [5, 5.41) is 109. The van der Waals surface area contributed by atoms with E-state index in [1.54, 1.807) is 10.8 Å². The Hall–Kier alpha value is -7.30. The number of ether oxygens (including phenoxy) is 5. The Morgan fingerprint density at radius 2 is 1.52 bits per heavy atom. The second-order valence-corrected chi connectivity index (χ2v) is 27.8. The van der Waals surface area contributed by atoms with Gasteiger partial charge in [0.2, 0.25) is 29.5 Å². The summed E-state index contributed by atoms with van der Waals surface area (Å²) in [5.41, 5.74) is 26.3. The Labute approximate surface area is 564 Å². The molecule has 0 aromatic carbocycles. The zero-order chi connectivity index (χ0) is 71.3. The minimum Gasteiger partial charge on any atom is -0.449 e. The first-order chi connectivity index (χ1) is 45.9. The van der Waals surface area contributed by atoms with E-state index in [4.69, 9.17) is 52.4 Å². The van der Waals surface area contributed by atoms with Crippen molar-refractivity contribution in [3.63, 3.8) is 0 Å². The average molecular weight is 1430 g/mol. The average Bonchev–Trinajstić information content (AvgIpc) is 1.74. The van der Waals surface area contributed by atoms with Gasteiger partial charge in [-0.15, -0.1) is 22.7 Å². The fourth-order valence-electron chi connectivity index (χ4n) is 10.2. The molecule has 2 aliphatic heterocycles. The number of hydrogen-bond acceptors (Lipinski definition) is 31. The predicted octanol–water partition coefficient (Wildman–Crippen LogP) is -7.93. The molecule has 0 radical (unpaired) electrons. The quantitative estimate of drug-likeness (QED) is 0.0150. The van der Waals surface area contributed by atoms with Crippen molar-refractivity contribution in [1.29, 1.82) is 0 Å². The number of hydrogen-bond donors (Lipinski definition) is 19. The second-order valence-electron chi connectivity index (χ2n) is 23.6. The van der Waals surface area contributed by atoms with Crippen LogP contribution in [0.3, 0.4) is 0 Å². The molecule has 97 heavy (non-hydrogen) atoms. The third-order valence-corrected chi connectivity index (χ3v) is 18.9. The Balaban J connectivity index is 1.14. The molecular weight excluding hydrogens is 1340 g/mol. The number of nitrogens with zero attached hydrogens (tertiary/aromatic N) is 6. The van der Waals surface area contributed by atoms with Gasteiger partial charge in [0.25, 0.3) is 11.8 Å². The van der Waals surface area contributed by atoms with Gasteiger partial charge in [-0.25, -0.2) is 24.7 Å². The molecule has 3 aliphatic rings. The summed E-state index contributed by atoms with van der Waals surface area (Å²) in [6, 6.07) is -7.83. The lowest BCUT2D eigenvalue weighted by Gasteiger charge is -2.47. The van der Waals surface area contributed by atoms with Gasteiger partial charge in [0.05, 0.1) is 66.5 Å². The van der Waals surface area contributed by atoms with E-state index in [1.807, 2.05) is 0 Å². The van der Waals surface area contributed by atoms with Crippen LogP contribution in [0.25, 0.3) is 10.7 Å². The topological polar surface area (TPSA) is 625 Å². The van der Waals surface area contributed by atoms with Crippen molar-refractivity contribution in [2.45, 2.75) is 162 Å². The first kappa shape index (κ1) is 77.1. The van der Waals surface area contributed by atoms with Gasteiger partial charge in [-0.2, -0.15) is 0 Å². The molecule has 1 aliphatic carbocycles. The van der Waals surface area contributed by atoms with Gasteiger partial charge in [-0.05, 0) is 43.3 Å². The number of nitrogens with one attached hydrogen (secondary N) is 6. The largest absolute Gasteiger partial charge is 0.449 e. The van der Waals surface area contributed by atoms with Gasteiger partial charge < -0.3 is 135 Å². The monoisotopic (exact) mass is 1430 g/mol. The van der Waals surface area contributed by atoms with Crippen LogP contribution in [-0.2, 0) is 65.0 Å². The highest BCUT2D eigenvalue weighted by atomic mass is 32.2. The Bertz CT molecular complexity index is 3370. The minimum absolute atomic E-state index is 0.0100. The maximum atomic E-state index is 15.2. The maximum Gasteiger partial charge on any atom is 0.404 e. The van der Waals surface area contributed by atoms with Gasteiger partial charge >= 0.3 is 6.09 Å². The third kappa shape index (κ3) is 20.0. The van der Waals surface area contributed by atoms with E-state index in [2.05, 4.69) is 74.3 Å².